The maximum atomic E-state index is 10.8. The summed E-state index contributed by atoms with van der Waals surface area (Å²) in [4.78, 5) is 0. The molecule has 0 saturated heterocycles. The van der Waals surface area contributed by atoms with Crippen LogP contribution in [0.1, 0.15) is 52.7 Å². The summed E-state index contributed by atoms with van der Waals surface area (Å²) in [5.74, 6) is 0.364. The van der Waals surface area contributed by atoms with Crippen molar-refractivity contribution < 1.29 is 5.11 Å². The van der Waals surface area contributed by atoms with Crippen molar-refractivity contribution in [3.63, 3.8) is 0 Å². The topological polar surface area (TPSA) is 20.2 Å². The molecule has 118 valence electrons. The molecule has 0 spiro atoms. The van der Waals surface area contributed by atoms with E-state index in [0.717, 1.165) is 16.7 Å². The van der Waals surface area contributed by atoms with Crippen LogP contribution in [-0.2, 0) is 10.8 Å². The maximum Gasteiger partial charge on any atom is 0.127 e. The molecule has 0 aliphatic rings. The first kappa shape index (κ1) is 16.9. The summed E-state index contributed by atoms with van der Waals surface area (Å²) in [6.45, 7) is 13.0. The van der Waals surface area contributed by atoms with Crippen molar-refractivity contribution in [2.24, 2.45) is 0 Å². The number of phenolic OH excluding ortho intramolecular Hbond substituents is 1. The zero-order valence-electron chi connectivity index (χ0n) is 14.3. The molecule has 0 heterocycles. The Kier molecular flexibility index (Phi) is 4.32. The molecule has 2 aromatic carbocycles. The number of benzene rings is 2. The van der Waals surface area contributed by atoms with Crippen LogP contribution in [0, 0.1) is 0 Å². The average Bonchev–Trinajstić information content (AvgIpc) is 2.37. The van der Waals surface area contributed by atoms with E-state index in [4.69, 9.17) is 11.6 Å². The molecule has 0 saturated carbocycles. The second-order valence-corrected chi connectivity index (χ2v) is 8.36. The molecule has 0 amide bonds. The molecule has 0 fully saturated rings. The summed E-state index contributed by atoms with van der Waals surface area (Å²) in [6.07, 6.45) is 0. The molecule has 22 heavy (non-hydrogen) atoms. The van der Waals surface area contributed by atoms with Crippen molar-refractivity contribution in [2.75, 3.05) is 0 Å². The van der Waals surface area contributed by atoms with Crippen molar-refractivity contribution in [3.8, 4) is 16.9 Å². The summed E-state index contributed by atoms with van der Waals surface area (Å²) in [6, 6.07) is 11.9. The molecule has 0 radical (unpaired) electrons. The molecule has 1 N–H and O–H groups in total. The number of aromatic hydroxyl groups is 1. The van der Waals surface area contributed by atoms with Crippen molar-refractivity contribution in [2.45, 2.75) is 52.4 Å². The lowest BCUT2D eigenvalue weighted by Gasteiger charge is -2.27. The van der Waals surface area contributed by atoms with E-state index in [9.17, 15) is 5.11 Å². The minimum absolute atomic E-state index is 0.0227. The van der Waals surface area contributed by atoms with Gasteiger partial charge < -0.3 is 5.11 Å². The summed E-state index contributed by atoms with van der Waals surface area (Å²) in [5, 5.41) is 11.5. The molecule has 0 unspecified atom stereocenters. The number of halogens is 1. The average molecular weight is 317 g/mol. The molecule has 0 aromatic heterocycles. The van der Waals surface area contributed by atoms with Gasteiger partial charge in [0.15, 0.2) is 0 Å². The fraction of sp³-hybridized carbons (Fsp3) is 0.400. The number of rotatable bonds is 1. The van der Waals surface area contributed by atoms with E-state index in [2.05, 4.69) is 53.7 Å². The van der Waals surface area contributed by atoms with E-state index < -0.39 is 0 Å². The highest BCUT2D eigenvalue weighted by Crippen LogP contribution is 2.42. The van der Waals surface area contributed by atoms with Gasteiger partial charge in [-0.3, -0.25) is 0 Å². The molecule has 1 nitrogen and oxygen atoms in total. The molecular formula is C20H25ClO. The highest BCUT2D eigenvalue weighted by atomic mass is 35.5. The van der Waals surface area contributed by atoms with Crippen LogP contribution < -0.4 is 0 Å². The van der Waals surface area contributed by atoms with Crippen molar-refractivity contribution in [1.29, 1.82) is 0 Å². The quantitative estimate of drug-likeness (QED) is 0.653. The Bertz CT molecular complexity index is 671. The van der Waals surface area contributed by atoms with Gasteiger partial charge in [0, 0.05) is 16.1 Å². The van der Waals surface area contributed by atoms with Gasteiger partial charge in [0.05, 0.1) is 0 Å². The van der Waals surface area contributed by atoms with Gasteiger partial charge in [0.2, 0.25) is 0 Å². The molecule has 0 atom stereocenters. The first-order valence-corrected chi connectivity index (χ1v) is 8.02. The lowest BCUT2D eigenvalue weighted by Crippen LogP contribution is -2.17. The molecule has 0 aliphatic carbocycles. The van der Waals surface area contributed by atoms with E-state index >= 15 is 0 Å². The number of hydrogen-bond donors (Lipinski definition) is 1. The van der Waals surface area contributed by atoms with E-state index in [1.54, 1.807) is 0 Å². The standard InChI is InChI=1S/C20H25ClO/c1-19(2,3)14-11-16(13-7-9-15(21)10-8-13)18(22)17(12-14)20(4,5)6/h7-12,22H,1-6H3. The lowest BCUT2D eigenvalue weighted by molar-refractivity contribution is 0.446. The van der Waals surface area contributed by atoms with Crippen LogP contribution in [0.2, 0.25) is 5.02 Å². The van der Waals surface area contributed by atoms with Crippen LogP contribution in [0.25, 0.3) is 11.1 Å². The van der Waals surface area contributed by atoms with Gasteiger partial charge in [-0.05, 0) is 40.2 Å². The van der Waals surface area contributed by atoms with Crippen molar-refractivity contribution in [3.05, 3.63) is 52.5 Å². The molecule has 2 rings (SSSR count). The Labute approximate surface area is 139 Å². The Morgan fingerprint density at radius 2 is 1.36 bits per heavy atom. The number of phenols is 1. The second-order valence-electron chi connectivity index (χ2n) is 7.93. The van der Waals surface area contributed by atoms with Gasteiger partial charge in [-0.2, -0.15) is 0 Å². The minimum Gasteiger partial charge on any atom is -0.507 e. The van der Waals surface area contributed by atoms with Crippen molar-refractivity contribution in [1.82, 2.24) is 0 Å². The zero-order valence-corrected chi connectivity index (χ0v) is 15.0. The molecular weight excluding hydrogens is 292 g/mol. The van der Waals surface area contributed by atoms with Crippen LogP contribution >= 0.6 is 11.6 Å². The molecule has 2 heteroatoms. The number of hydrogen-bond acceptors (Lipinski definition) is 1. The minimum atomic E-state index is -0.119. The highest BCUT2D eigenvalue weighted by molar-refractivity contribution is 6.30. The van der Waals surface area contributed by atoms with E-state index in [-0.39, 0.29) is 10.8 Å². The molecule has 0 bridgehead atoms. The summed E-state index contributed by atoms with van der Waals surface area (Å²) in [5.41, 5.74) is 3.96. The summed E-state index contributed by atoms with van der Waals surface area (Å²) >= 11 is 5.98. The summed E-state index contributed by atoms with van der Waals surface area (Å²) in [7, 11) is 0. The van der Waals surface area contributed by atoms with Crippen LogP contribution in [0.4, 0.5) is 0 Å². The third-order valence-corrected chi connectivity index (χ3v) is 4.19. The fourth-order valence-corrected chi connectivity index (χ4v) is 2.61. The van der Waals surface area contributed by atoms with Crippen LogP contribution in [0.5, 0.6) is 5.75 Å². The Morgan fingerprint density at radius 1 is 0.818 bits per heavy atom. The van der Waals surface area contributed by atoms with Gasteiger partial charge in [-0.25, -0.2) is 0 Å². The van der Waals surface area contributed by atoms with Crippen molar-refractivity contribution >= 4 is 11.6 Å². The van der Waals surface area contributed by atoms with Gasteiger partial charge in [0.25, 0.3) is 0 Å². The maximum absolute atomic E-state index is 10.8. The molecule has 0 aliphatic heterocycles. The first-order valence-electron chi connectivity index (χ1n) is 7.64. The lowest BCUT2D eigenvalue weighted by atomic mass is 9.78. The van der Waals surface area contributed by atoms with Gasteiger partial charge in [-0.1, -0.05) is 71.3 Å². The Hall–Kier alpha value is -1.47. The van der Waals surface area contributed by atoms with E-state index in [0.29, 0.717) is 10.8 Å². The molecule has 2 aromatic rings. The third-order valence-electron chi connectivity index (χ3n) is 3.94. The summed E-state index contributed by atoms with van der Waals surface area (Å²) < 4.78 is 0. The van der Waals surface area contributed by atoms with Gasteiger partial charge >= 0.3 is 0 Å². The second kappa shape index (κ2) is 5.62. The van der Waals surface area contributed by atoms with Gasteiger partial charge in [-0.15, -0.1) is 0 Å². The predicted octanol–water partition coefficient (Wildman–Crippen LogP) is 6.31. The van der Waals surface area contributed by atoms with Gasteiger partial charge in [0.1, 0.15) is 5.75 Å². The van der Waals surface area contributed by atoms with Crippen LogP contribution in [-0.4, -0.2) is 5.11 Å². The Balaban J connectivity index is 2.75. The fourth-order valence-electron chi connectivity index (χ4n) is 2.49. The van der Waals surface area contributed by atoms with Crippen LogP contribution in [0.3, 0.4) is 0 Å². The largest absolute Gasteiger partial charge is 0.507 e. The van der Waals surface area contributed by atoms with E-state index in [1.807, 2.05) is 24.3 Å². The zero-order chi connectivity index (χ0) is 16.7. The third kappa shape index (κ3) is 3.47. The SMILES string of the molecule is CC(C)(C)c1cc(-c2ccc(Cl)cc2)c(O)c(C(C)(C)C)c1. The first-order chi connectivity index (χ1) is 10.00. The van der Waals surface area contributed by atoms with E-state index in [1.165, 1.54) is 5.56 Å². The van der Waals surface area contributed by atoms with Crippen LogP contribution in [0.15, 0.2) is 36.4 Å². The smallest absolute Gasteiger partial charge is 0.127 e. The predicted molar refractivity (Wildman–Crippen MR) is 96.0 cm³/mol. The normalized spacial score (nSPS) is 12.5. The monoisotopic (exact) mass is 316 g/mol. The Morgan fingerprint density at radius 3 is 1.82 bits per heavy atom. The highest BCUT2D eigenvalue weighted by Gasteiger charge is 2.25.